The molecular weight excluding hydrogens is 456 g/mol. The highest BCUT2D eigenvalue weighted by Crippen LogP contribution is 2.35. The van der Waals surface area contributed by atoms with Crippen LogP contribution in [-0.2, 0) is 16.8 Å². The lowest BCUT2D eigenvalue weighted by atomic mass is 9.75. The van der Waals surface area contributed by atoms with Gasteiger partial charge in [-0.2, -0.15) is 0 Å². The number of carbonyl (C=O) groups is 2. The van der Waals surface area contributed by atoms with Crippen molar-refractivity contribution in [2.24, 2.45) is 5.92 Å². The number of nitrogens with zero attached hydrogens (tertiary/aromatic N) is 2. The van der Waals surface area contributed by atoms with E-state index >= 15 is 0 Å². The molecule has 2 amide bonds. The SMILES string of the molecule is C=C(C)N(Cc1cc(C)cc(C(=O)N2CCC(C)CC2)c1)C(=O)C(C)(c1ccccc1)c1ccccc1. The van der Waals surface area contributed by atoms with Gasteiger partial charge in [0.2, 0.25) is 5.91 Å². The summed E-state index contributed by atoms with van der Waals surface area (Å²) in [6.07, 6.45) is 2.08. The van der Waals surface area contributed by atoms with E-state index in [1.807, 2.05) is 98.5 Å². The number of benzene rings is 3. The van der Waals surface area contributed by atoms with Crippen LogP contribution in [-0.4, -0.2) is 34.7 Å². The van der Waals surface area contributed by atoms with Gasteiger partial charge in [-0.05, 0) is 73.9 Å². The number of hydrogen-bond donors (Lipinski definition) is 0. The summed E-state index contributed by atoms with van der Waals surface area (Å²) in [5.74, 6) is 0.691. The van der Waals surface area contributed by atoms with Crippen LogP contribution in [0, 0.1) is 12.8 Å². The minimum absolute atomic E-state index is 0.0446. The van der Waals surface area contributed by atoms with Gasteiger partial charge in [-0.15, -0.1) is 0 Å². The van der Waals surface area contributed by atoms with Gasteiger partial charge in [-0.3, -0.25) is 9.59 Å². The molecule has 0 aliphatic carbocycles. The predicted molar refractivity (Wildman–Crippen MR) is 150 cm³/mol. The Morgan fingerprint density at radius 3 is 2.00 bits per heavy atom. The molecule has 3 aromatic carbocycles. The van der Waals surface area contributed by atoms with E-state index in [1.54, 1.807) is 4.90 Å². The smallest absolute Gasteiger partial charge is 0.253 e. The second-order valence-electron chi connectivity index (χ2n) is 10.7. The normalized spacial score (nSPS) is 14.3. The third-order valence-electron chi connectivity index (χ3n) is 7.63. The van der Waals surface area contributed by atoms with Crippen LogP contribution in [0.4, 0.5) is 0 Å². The van der Waals surface area contributed by atoms with Crippen LogP contribution in [0.2, 0.25) is 0 Å². The van der Waals surface area contributed by atoms with Gasteiger partial charge in [0.1, 0.15) is 0 Å². The minimum atomic E-state index is -0.894. The molecular formula is C33H38N2O2. The number of carbonyl (C=O) groups excluding carboxylic acids is 2. The summed E-state index contributed by atoms with van der Waals surface area (Å²) in [5, 5.41) is 0. The summed E-state index contributed by atoms with van der Waals surface area (Å²) in [6.45, 7) is 14.2. The lowest BCUT2D eigenvalue weighted by Gasteiger charge is -2.36. The second-order valence-corrected chi connectivity index (χ2v) is 10.7. The van der Waals surface area contributed by atoms with Crippen LogP contribution in [0.15, 0.2) is 91.1 Å². The third kappa shape index (κ3) is 5.69. The Hall–Kier alpha value is -3.66. The Balaban J connectivity index is 1.67. The van der Waals surface area contributed by atoms with Crippen molar-refractivity contribution in [3.8, 4) is 0 Å². The summed E-state index contributed by atoms with van der Waals surface area (Å²) in [4.78, 5) is 31.4. The summed E-state index contributed by atoms with van der Waals surface area (Å²) in [5.41, 5.74) is 4.25. The Morgan fingerprint density at radius 1 is 0.946 bits per heavy atom. The second kappa shape index (κ2) is 11.2. The predicted octanol–water partition coefficient (Wildman–Crippen LogP) is 6.74. The Labute approximate surface area is 221 Å². The standard InChI is InChI=1S/C33H38N2O2/c1-24(2)35(32(37)33(5,29-12-8-6-9-13-29)30-14-10-7-11-15-30)23-27-20-26(4)21-28(22-27)31(36)34-18-16-25(3)17-19-34/h6-15,20-22,25H,1,16-19,23H2,2-5H3. The van der Waals surface area contributed by atoms with Crippen LogP contribution in [0.3, 0.4) is 0 Å². The van der Waals surface area contributed by atoms with Crippen molar-refractivity contribution < 1.29 is 9.59 Å². The first-order chi connectivity index (χ1) is 17.7. The molecule has 4 rings (SSSR count). The van der Waals surface area contributed by atoms with Crippen LogP contribution in [0.1, 0.15) is 66.2 Å². The maximum Gasteiger partial charge on any atom is 0.253 e. The molecule has 1 saturated heterocycles. The van der Waals surface area contributed by atoms with Crippen LogP contribution < -0.4 is 0 Å². The van der Waals surface area contributed by atoms with Gasteiger partial charge in [0.05, 0.1) is 12.0 Å². The first kappa shape index (κ1) is 26.4. The molecule has 0 radical (unpaired) electrons. The number of amides is 2. The van der Waals surface area contributed by atoms with Crippen molar-refractivity contribution in [1.82, 2.24) is 9.80 Å². The Morgan fingerprint density at radius 2 is 1.49 bits per heavy atom. The molecule has 1 aliphatic rings. The molecule has 0 spiro atoms. The zero-order valence-electron chi connectivity index (χ0n) is 22.5. The van der Waals surface area contributed by atoms with Gasteiger partial charge < -0.3 is 9.80 Å². The minimum Gasteiger partial charge on any atom is -0.339 e. The summed E-state index contributed by atoms with van der Waals surface area (Å²) >= 11 is 0. The molecule has 1 heterocycles. The molecule has 3 aromatic rings. The number of hydrogen-bond acceptors (Lipinski definition) is 2. The summed E-state index contributed by atoms with van der Waals surface area (Å²) in [6, 6.07) is 25.8. The van der Waals surface area contributed by atoms with Gasteiger partial charge in [0, 0.05) is 24.4 Å². The van der Waals surface area contributed by atoms with Gasteiger partial charge in [-0.25, -0.2) is 0 Å². The third-order valence-corrected chi connectivity index (χ3v) is 7.63. The highest BCUT2D eigenvalue weighted by molar-refractivity contribution is 5.95. The average molecular weight is 495 g/mol. The van der Waals surface area contributed by atoms with Gasteiger partial charge in [0.15, 0.2) is 0 Å². The topological polar surface area (TPSA) is 40.6 Å². The van der Waals surface area contributed by atoms with E-state index in [2.05, 4.69) is 19.6 Å². The maximum atomic E-state index is 14.4. The molecule has 4 heteroatoms. The number of rotatable bonds is 7. The number of likely N-dealkylation sites (tertiary alicyclic amines) is 1. The molecule has 0 saturated carbocycles. The number of piperidine rings is 1. The van der Waals surface area contributed by atoms with Crippen LogP contribution in [0.5, 0.6) is 0 Å². The number of aryl methyl sites for hydroxylation is 1. The van der Waals surface area contributed by atoms with Gasteiger partial charge in [-0.1, -0.05) is 80.2 Å². The van der Waals surface area contributed by atoms with E-state index < -0.39 is 5.41 Å². The molecule has 0 N–H and O–H groups in total. The first-order valence-electron chi connectivity index (χ1n) is 13.2. The van der Waals surface area contributed by atoms with E-state index in [-0.39, 0.29) is 11.8 Å². The van der Waals surface area contributed by atoms with E-state index in [1.165, 1.54) is 0 Å². The molecule has 192 valence electrons. The zero-order chi connectivity index (χ0) is 26.6. The lowest BCUT2D eigenvalue weighted by Crippen LogP contribution is -2.44. The molecule has 0 aromatic heterocycles. The number of allylic oxidation sites excluding steroid dienone is 1. The monoisotopic (exact) mass is 494 g/mol. The van der Waals surface area contributed by atoms with Crippen molar-refractivity contribution in [3.63, 3.8) is 0 Å². The van der Waals surface area contributed by atoms with Crippen LogP contribution in [0.25, 0.3) is 0 Å². The van der Waals surface area contributed by atoms with E-state index in [0.717, 1.165) is 48.2 Å². The summed E-state index contributed by atoms with van der Waals surface area (Å²) < 4.78 is 0. The molecule has 0 unspecified atom stereocenters. The fourth-order valence-electron chi connectivity index (χ4n) is 5.26. The fourth-order valence-corrected chi connectivity index (χ4v) is 5.26. The lowest BCUT2D eigenvalue weighted by molar-refractivity contribution is -0.133. The molecule has 37 heavy (non-hydrogen) atoms. The highest BCUT2D eigenvalue weighted by atomic mass is 16.2. The zero-order valence-corrected chi connectivity index (χ0v) is 22.5. The van der Waals surface area contributed by atoms with Crippen molar-refractivity contribution in [1.29, 1.82) is 0 Å². The van der Waals surface area contributed by atoms with Gasteiger partial charge >= 0.3 is 0 Å². The highest BCUT2D eigenvalue weighted by Gasteiger charge is 2.40. The fraction of sp³-hybridized carbons (Fsp3) is 0.333. The van der Waals surface area contributed by atoms with Crippen molar-refractivity contribution in [2.45, 2.75) is 52.5 Å². The maximum absolute atomic E-state index is 14.4. The Kier molecular flexibility index (Phi) is 7.97. The molecule has 0 atom stereocenters. The van der Waals surface area contributed by atoms with Crippen molar-refractivity contribution >= 4 is 11.8 Å². The molecule has 1 fully saturated rings. The van der Waals surface area contributed by atoms with Gasteiger partial charge in [0.25, 0.3) is 5.91 Å². The molecule has 1 aliphatic heterocycles. The van der Waals surface area contributed by atoms with Crippen molar-refractivity contribution in [3.05, 3.63) is 119 Å². The van der Waals surface area contributed by atoms with E-state index in [9.17, 15) is 9.59 Å². The van der Waals surface area contributed by atoms with E-state index in [4.69, 9.17) is 0 Å². The average Bonchev–Trinajstić information content (AvgIpc) is 2.91. The quantitative estimate of drug-likeness (QED) is 0.365. The molecule has 0 bridgehead atoms. The summed E-state index contributed by atoms with van der Waals surface area (Å²) in [7, 11) is 0. The molecule has 4 nitrogen and oxygen atoms in total. The van der Waals surface area contributed by atoms with Crippen LogP contribution >= 0.6 is 0 Å². The largest absolute Gasteiger partial charge is 0.339 e. The van der Waals surface area contributed by atoms with E-state index in [0.29, 0.717) is 23.7 Å². The first-order valence-corrected chi connectivity index (χ1v) is 13.2. The van der Waals surface area contributed by atoms with Crippen molar-refractivity contribution in [2.75, 3.05) is 13.1 Å². The Bertz CT molecular complexity index is 1220.